The number of hydrogen-bond acceptors (Lipinski definition) is 3. The predicted octanol–water partition coefficient (Wildman–Crippen LogP) is 12.2. The van der Waals surface area contributed by atoms with E-state index in [0.29, 0.717) is 0 Å². The van der Waals surface area contributed by atoms with E-state index in [1.807, 2.05) is 23.5 Å². The van der Waals surface area contributed by atoms with Crippen LogP contribution in [0.4, 0.5) is 17.1 Å². The molecule has 0 bridgehead atoms. The Morgan fingerprint density at radius 3 is 2.02 bits per heavy atom. The van der Waals surface area contributed by atoms with Gasteiger partial charge in [0, 0.05) is 54.1 Å². The lowest BCUT2D eigenvalue weighted by Gasteiger charge is -2.26. The number of benzene rings is 7. The second kappa shape index (κ2) is 9.59. The molecule has 0 saturated heterocycles. The van der Waals surface area contributed by atoms with Gasteiger partial charge in [-0.3, -0.25) is 0 Å². The molecule has 2 aromatic heterocycles. The Labute approximate surface area is 252 Å². The summed E-state index contributed by atoms with van der Waals surface area (Å²) in [5.74, 6) is 0. The Kier molecular flexibility index (Phi) is 5.40. The molecule has 0 saturated carbocycles. The molecule has 2 nitrogen and oxygen atoms in total. The van der Waals surface area contributed by atoms with E-state index in [4.69, 9.17) is 4.42 Å². The maximum atomic E-state index is 6.33. The van der Waals surface area contributed by atoms with Crippen molar-refractivity contribution in [3.63, 3.8) is 0 Å². The van der Waals surface area contributed by atoms with Crippen LogP contribution in [0.5, 0.6) is 0 Å². The first-order valence-corrected chi connectivity index (χ1v) is 15.3. The summed E-state index contributed by atoms with van der Waals surface area (Å²) in [6.07, 6.45) is 0. The van der Waals surface area contributed by atoms with E-state index in [-0.39, 0.29) is 0 Å². The minimum absolute atomic E-state index is 0.884. The molecule has 7 aromatic carbocycles. The van der Waals surface area contributed by atoms with Gasteiger partial charge < -0.3 is 9.32 Å². The molecule has 0 atom stereocenters. The van der Waals surface area contributed by atoms with E-state index < -0.39 is 0 Å². The average molecular weight is 568 g/mol. The zero-order chi connectivity index (χ0) is 28.3. The third-order valence-electron chi connectivity index (χ3n) is 8.43. The van der Waals surface area contributed by atoms with E-state index in [9.17, 15) is 0 Å². The van der Waals surface area contributed by atoms with Crippen molar-refractivity contribution in [3.05, 3.63) is 152 Å². The fourth-order valence-electron chi connectivity index (χ4n) is 6.44. The highest BCUT2D eigenvalue weighted by Gasteiger charge is 2.17. The lowest BCUT2D eigenvalue weighted by Crippen LogP contribution is -2.10. The fraction of sp³-hybridized carbons (Fsp3) is 0. The summed E-state index contributed by atoms with van der Waals surface area (Å²) < 4.78 is 8.98. The highest BCUT2D eigenvalue weighted by molar-refractivity contribution is 7.26. The first-order chi connectivity index (χ1) is 21.3. The van der Waals surface area contributed by atoms with Crippen molar-refractivity contribution in [2.24, 2.45) is 0 Å². The first kappa shape index (κ1) is 24.2. The minimum atomic E-state index is 0.884. The number of rotatable bonds is 4. The number of fused-ring (bicyclic) bond motifs is 8. The third-order valence-corrected chi connectivity index (χ3v) is 9.57. The molecule has 0 amide bonds. The van der Waals surface area contributed by atoms with Crippen LogP contribution in [0.25, 0.3) is 64.0 Å². The Bertz CT molecular complexity index is 2470. The standard InChI is InChI=1S/C40H25NOS/c1-2-9-26(10-3-1)27-11-8-12-29(23-27)41(31-19-21-34-33-13-4-6-15-36(33)42-37(34)25-31)30-18-20-32-28(24-30)17-22-39-40(32)35-14-5-7-16-38(35)43-39/h1-25H. The molecule has 0 N–H and O–H groups in total. The fourth-order valence-corrected chi connectivity index (χ4v) is 7.56. The highest BCUT2D eigenvalue weighted by Crippen LogP contribution is 2.43. The lowest BCUT2D eigenvalue weighted by atomic mass is 10.0. The Balaban J connectivity index is 1.26. The number of furan rings is 1. The normalized spacial score (nSPS) is 11.7. The predicted molar refractivity (Wildman–Crippen MR) is 184 cm³/mol. The summed E-state index contributed by atoms with van der Waals surface area (Å²) in [7, 11) is 0. The largest absolute Gasteiger partial charge is 0.456 e. The topological polar surface area (TPSA) is 16.4 Å². The molecule has 0 aliphatic heterocycles. The van der Waals surface area contributed by atoms with Crippen molar-refractivity contribution in [1.82, 2.24) is 0 Å². The van der Waals surface area contributed by atoms with E-state index in [0.717, 1.165) is 39.0 Å². The van der Waals surface area contributed by atoms with Gasteiger partial charge in [-0.05, 0) is 76.5 Å². The van der Waals surface area contributed by atoms with Crippen LogP contribution < -0.4 is 4.90 Å². The number of nitrogens with zero attached hydrogens (tertiary/aromatic N) is 1. The number of hydrogen-bond donors (Lipinski definition) is 0. The lowest BCUT2D eigenvalue weighted by molar-refractivity contribution is 0.669. The molecule has 202 valence electrons. The van der Waals surface area contributed by atoms with Crippen LogP contribution in [0.15, 0.2) is 156 Å². The molecule has 9 rings (SSSR count). The summed E-state index contributed by atoms with van der Waals surface area (Å²) in [5.41, 5.74) is 7.42. The van der Waals surface area contributed by atoms with Crippen molar-refractivity contribution >= 4 is 81.3 Å². The van der Waals surface area contributed by atoms with Crippen LogP contribution in [-0.4, -0.2) is 0 Å². The molecular formula is C40H25NOS. The zero-order valence-corrected chi connectivity index (χ0v) is 24.0. The number of thiophene rings is 1. The smallest absolute Gasteiger partial charge is 0.137 e. The van der Waals surface area contributed by atoms with Crippen LogP contribution in [0.1, 0.15) is 0 Å². The van der Waals surface area contributed by atoms with Gasteiger partial charge in [-0.25, -0.2) is 0 Å². The summed E-state index contributed by atoms with van der Waals surface area (Å²) in [6.45, 7) is 0. The van der Waals surface area contributed by atoms with Crippen molar-refractivity contribution in [2.45, 2.75) is 0 Å². The van der Waals surface area contributed by atoms with Gasteiger partial charge in [0.15, 0.2) is 0 Å². The Hall–Kier alpha value is -5.38. The molecule has 2 heterocycles. The van der Waals surface area contributed by atoms with Crippen molar-refractivity contribution in [3.8, 4) is 11.1 Å². The van der Waals surface area contributed by atoms with Crippen LogP contribution in [0.2, 0.25) is 0 Å². The first-order valence-electron chi connectivity index (χ1n) is 14.5. The quantitative estimate of drug-likeness (QED) is 0.210. The molecule has 0 radical (unpaired) electrons. The molecule has 0 aliphatic carbocycles. The zero-order valence-electron chi connectivity index (χ0n) is 23.2. The number of anilines is 3. The van der Waals surface area contributed by atoms with E-state index >= 15 is 0 Å². The molecule has 3 heteroatoms. The Morgan fingerprint density at radius 2 is 1.12 bits per heavy atom. The molecule has 0 fully saturated rings. The van der Waals surface area contributed by atoms with Crippen LogP contribution in [0.3, 0.4) is 0 Å². The highest BCUT2D eigenvalue weighted by atomic mass is 32.1. The van der Waals surface area contributed by atoms with Crippen LogP contribution in [0, 0.1) is 0 Å². The molecule has 9 aromatic rings. The third kappa shape index (κ3) is 3.93. The molecule has 0 spiro atoms. The van der Waals surface area contributed by atoms with Crippen LogP contribution >= 0.6 is 11.3 Å². The van der Waals surface area contributed by atoms with Gasteiger partial charge in [0.2, 0.25) is 0 Å². The maximum absolute atomic E-state index is 6.33. The van der Waals surface area contributed by atoms with Crippen molar-refractivity contribution in [2.75, 3.05) is 4.90 Å². The van der Waals surface area contributed by atoms with Gasteiger partial charge >= 0.3 is 0 Å². The summed E-state index contributed by atoms with van der Waals surface area (Å²) >= 11 is 1.86. The van der Waals surface area contributed by atoms with E-state index in [2.05, 4.69) is 144 Å². The van der Waals surface area contributed by atoms with Gasteiger partial charge in [-0.15, -0.1) is 11.3 Å². The van der Waals surface area contributed by atoms with E-state index in [1.54, 1.807) is 0 Å². The Morgan fingerprint density at radius 1 is 0.419 bits per heavy atom. The molecule has 0 unspecified atom stereocenters. The van der Waals surface area contributed by atoms with Gasteiger partial charge in [0.25, 0.3) is 0 Å². The monoisotopic (exact) mass is 567 g/mol. The second-order valence-electron chi connectivity index (χ2n) is 11.0. The number of para-hydroxylation sites is 1. The summed E-state index contributed by atoms with van der Waals surface area (Å²) in [4.78, 5) is 2.34. The van der Waals surface area contributed by atoms with Gasteiger partial charge in [-0.1, -0.05) is 91.0 Å². The van der Waals surface area contributed by atoms with Crippen LogP contribution in [-0.2, 0) is 0 Å². The summed E-state index contributed by atoms with van der Waals surface area (Å²) in [6, 6.07) is 54.3. The van der Waals surface area contributed by atoms with Crippen molar-refractivity contribution < 1.29 is 4.42 Å². The molecular weight excluding hydrogens is 543 g/mol. The second-order valence-corrected chi connectivity index (χ2v) is 12.1. The van der Waals surface area contributed by atoms with Gasteiger partial charge in [-0.2, -0.15) is 0 Å². The minimum Gasteiger partial charge on any atom is -0.456 e. The summed E-state index contributed by atoms with van der Waals surface area (Å²) in [5, 5.41) is 7.43. The maximum Gasteiger partial charge on any atom is 0.137 e. The SMILES string of the molecule is c1ccc(-c2cccc(N(c3ccc4c(ccc5sc6ccccc6c54)c3)c3ccc4c(c3)oc3ccccc34)c2)cc1. The molecule has 43 heavy (non-hydrogen) atoms. The molecule has 0 aliphatic rings. The average Bonchev–Trinajstić information content (AvgIpc) is 3.64. The van der Waals surface area contributed by atoms with E-state index in [1.165, 1.54) is 42.1 Å². The van der Waals surface area contributed by atoms with Gasteiger partial charge in [0.05, 0.1) is 0 Å². The van der Waals surface area contributed by atoms with Gasteiger partial charge in [0.1, 0.15) is 11.2 Å². The van der Waals surface area contributed by atoms with Crippen molar-refractivity contribution in [1.29, 1.82) is 0 Å².